The monoisotopic (exact) mass is 284 g/mol. The summed E-state index contributed by atoms with van der Waals surface area (Å²) in [6.07, 6.45) is 20.9. The van der Waals surface area contributed by atoms with Gasteiger partial charge in [0.2, 0.25) is 0 Å². The van der Waals surface area contributed by atoms with E-state index in [4.69, 9.17) is 0 Å². The second-order valence-electron chi connectivity index (χ2n) is 6.52. The SMILES string of the molecule is CCCCCC1CCCCCCCCPC1CCC. The molecule has 0 N–H and O–H groups in total. The van der Waals surface area contributed by atoms with Crippen LogP contribution >= 0.6 is 8.58 Å². The van der Waals surface area contributed by atoms with Gasteiger partial charge in [-0.1, -0.05) is 71.6 Å². The molecular formula is C18H37P. The molecule has 0 aromatic heterocycles. The van der Waals surface area contributed by atoms with Gasteiger partial charge in [-0.2, -0.15) is 0 Å². The molecule has 3 unspecified atom stereocenters. The fourth-order valence-corrected chi connectivity index (χ4v) is 5.53. The molecule has 0 radical (unpaired) electrons. The van der Waals surface area contributed by atoms with Crippen molar-refractivity contribution in [2.75, 3.05) is 6.16 Å². The minimum atomic E-state index is 1.07. The Balaban J connectivity index is 2.46. The van der Waals surface area contributed by atoms with E-state index in [0.29, 0.717) is 0 Å². The van der Waals surface area contributed by atoms with Gasteiger partial charge in [0.15, 0.2) is 0 Å². The van der Waals surface area contributed by atoms with Crippen molar-refractivity contribution in [2.24, 2.45) is 5.92 Å². The molecule has 1 heterocycles. The van der Waals surface area contributed by atoms with E-state index < -0.39 is 0 Å². The van der Waals surface area contributed by atoms with Crippen molar-refractivity contribution in [3.05, 3.63) is 0 Å². The predicted octanol–water partition coefficient (Wildman–Crippen LogP) is 6.77. The summed E-state index contributed by atoms with van der Waals surface area (Å²) in [5.41, 5.74) is 1.08. The average molecular weight is 284 g/mol. The first-order chi connectivity index (χ1) is 9.38. The molecule has 0 aliphatic carbocycles. The first-order valence-corrected chi connectivity index (χ1v) is 10.4. The molecule has 1 heteroatoms. The van der Waals surface area contributed by atoms with Crippen LogP contribution in [0.1, 0.15) is 97.3 Å². The highest BCUT2D eigenvalue weighted by molar-refractivity contribution is 7.38. The molecule has 1 aliphatic rings. The molecule has 3 atom stereocenters. The van der Waals surface area contributed by atoms with Gasteiger partial charge in [0.05, 0.1) is 0 Å². The summed E-state index contributed by atoms with van der Waals surface area (Å²) in [5.74, 6) is 1.07. The molecule has 1 fully saturated rings. The Morgan fingerprint density at radius 1 is 0.789 bits per heavy atom. The highest BCUT2D eigenvalue weighted by atomic mass is 31.1. The molecule has 0 saturated carbocycles. The van der Waals surface area contributed by atoms with Crippen molar-refractivity contribution in [2.45, 2.75) is 103 Å². The van der Waals surface area contributed by atoms with Crippen LogP contribution in [-0.4, -0.2) is 11.8 Å². The van der Waals surface area contributed by atoms with E-state index in [1.807, 2.05) is 0 Å². The Kier molecular flexibility index (Phi) is 11.2. The lowest BCUT2D eigenvalue weighted by atomic mass is 9.89. The van der Waals surface area contributed by atoms with Crippen LogP contribution in [0, 0.1) is 5.92 Å². The highest BCUT2D eigenvalue weighted by Crippen LogP contribution is 2.37. The number of hydrogen-bond donors (Lipinski definition) is 0. The number of hydrogen-bond acceptors (Lipinski definition) is 0. The van der Waals surface area contributed by atoms with Gasteiger partial charge in [-0.15, -0.1) is 8.58 Å². The van der Waals surface area contributed by atoms with Gasteiger partial charge in [-0.25, -0.2) is 0 Å². The smallest absolute Gasteiger partial charge is 0.0208 e. The maximum absolute atomic E-state index is 2.39. The van der Waals surface area contributed by atoms with Crippen molar-refractivity contribution in [1.29, 1.82) is 0 Å². The van der Waals surface area contributed by atoms with Crippen molar-refractivity contribution in [3.8, 4) is 0 Å². The Morgan fingerprint density at radius 2 is 1.53 bits per heavy atom. The van der Waals surface area contributed by atoms with Crippen LogP contribution in [-0.2, 0) is 0 Å². The molecule has 114 valence electrons. The topological polar surface area (TPSA) is 0 Å². The maximum atomic E-state index is 2.39. The molecule has 0 amide bonds. The van der Waals surface area contributed by atoms with Crippen molar-refractivity contribution in [3.63, 3.8) is 0 Å². The standard InChI is InChI=1S/C18H37P/c1-3-5-10-14-17-15-11-8-6-7-9-12-16-19-18(17)13-4-2/h17-19H,3-16H2,1-2H3. The van der Waals surface area contributed by atoms with Crippen molar-refractivity contribution < 1.29 is 0 Å². The molecule has 0 nitrogen and oxygen atoms in total. The lowest BCUT2D eigenvalue weighted by Crippen LogP contribution is -2.17. The lowest BCUT2D eigenvalue weighted by Gasteiger charge is -2.27. The highest BCUT2D eigenvalue weighted by Gasteiger charge is 2.20. The van der Waals surface area contributed by atoms with Gasteiger partial charge in [0.25, 0.3) is 0 Å². The van der Waals surface area contributed by atoms with E-state index in [2.05, 4.69) is 13.8 Å². The third kappa shape index (κ3) is 8.34. The van der Waals surface area contributed by atoms with Crippen LogP contribution in [0.3, 0.4) is 0 Å². The van der Waals surface area contributed by atoms with Gasteiger partial charge >= 0.3 is 0 Å². The minimum absolute atomic E-state index is 1.07. The molecule has 0 aromatic rings. The third-order valence-electron chi connectivity index (χ3n) is 4.76. The molecule has 0 bridgehead atoms. The third-order valence-corrected chi connectivity index (χ3v) is 6.68. The van der Waals surface area contributed by atoms with Crippen LogP contribution in [0.4, 0.5) is 0 Å². The lowest BCUT2D eigenvalue weighted by molar-refractivity contribution is 0.382. The molecule has 0 aromatic carbocycles. The molecule has 0 spiro atoms. The zero-order valence-corrected chi connectivity index (χ0v) is 14.6. The summed E-state index contributed by atoms with van der Waals surface area (Å²) in [6.45, 7) is 4.72. The number of unbranched alkanes of at least 4 members (excludes halogenated alkanes) is 2. The van der Waals surface area contributed by atoms with Crippen LogP contribution in [0.25, 0.3) is 0 Å². The van der Waals surface area contributed by atoms with E-state index in [9.17, 15) is 0 Å². The molecular weight excluding hydrogens is 247 g/mol. The molecule has 19 heavy (non-hydrogen) atoms. The van der Waals surface area contributed by atoms with Crippen molar-refractivity contribution in [1.82, 2.24) is 0 Å². The Bertz CT molecular complexity index is 190. The summed E-state index contributed by atoms with van der Waals surface area (Å²) >= 11 is 0. The predicted molar refractivity (Wildman–Crippen MR) is 91.8 cm³/mol. The summed E-state index contributed by atoms with van der Waals surface area (Å²) in [5, 5.41) is 0. The zero-order valence-electron chi connectivity index (χ0n) is 13.6. The van der Waals surface area contributed by atoms with Crippen LogP contribution in [0.5, 0.6) is 0 Å². The first kappa shape index (κ1) is 17.5. The van der Waals surface area contributed by atoms with E-state index >= 15 is 0 Å². The summed E-state index contributed by atoms with van der Waals surface area (Å²) in [4.78, 5) is 0. The second kappa shape index (κ2) is 12.2. The van der Waals surface area contributed by atoms with E-state index in [0.717, 1.165) is 11.6 Å². The summed E-state index contributed by atoms with van der Waals surface area (Å²) < 4.78 is 0. The molecule has 1 saturated heterocycles. The van der Waals surface area contributed by atoms with Crippen LogP contribution < -0.4 is 0 Å². The fourth-order valence-electron chi connectivity index (χ4n) is 3.54. The first-order valence-electron chi connectivity index (χ1n) is 9.11. The van der Waals surface area contributed by atoms with Gasteiger partial charge < -0.3 is 0 Å². The quantitative estimate of drug-likeness (QED) is 0.373. The van der Waals surface area contributed by atoms with Gasteiger partial charge in [0.1, 0.15) is 0 Å². The zero-order chi connectivity index (χ0) is 13.8. The normalized spacial score (nSPS) is 28.1. The Morgan fingerprint density at radius 3 is 2.26 bits per heavy atom. The van der Waals surface area contributed by atoms with E-state index in [1.165, 1.54) is 91.8 Å². The van der Waals surface area contributed by atoms with E-state index in [-0.39, 0.29) is 0 Å². The van der Waals surface area contributed by atoms with Gasteiger partial charge in [-0.3, -0.25) is 0 Å². The van der Waals surface area contributed by atoms with E-state index in [1.54, 1.807) is 6.42 Å². The van der Waals surface area contributed by atoms with Crippen LogP contribution in [0.15, 0.2) is 0 Å². The van der Waals surface area contributed by atoms with Crippen LogP contribution in [0.2, 0.25) is 0 Å². The fraction of sp³-hybridized carbons (Fsp3) is 1.00. The van der Waals surface area contributed by atoms with Gasteiger partial charge in [-0.05, 0) is 43.4 Å². The molecule has 1 aliphatic heterocycles. The summed E-state index contributed by atoms with van der Waals surface area (Å²) in [7, 11) is 1.27. The Labute approximate surface area is 124 Å². The second-order valence-corrected chi connectivity index (χ2v) is 8.16. The minimum Gasteiger partial charge on any atom is -0.119 e. The maximum Gasteiger partial charge on any atom is -0.0208 e. The molecule has 1 rings (SSSR count). The summed E-state index contributed by atoms with van der Waals surface area (Å²) in [6, 6.07) is 0. The van der Waals surface area contributed by atoms with Crippen molar-refractivity contribution >= 4 is 8.58 Å². The average Bonchev–Trinajstić information content (AvgIpc) is 2.46. The number of rotatable bonds is 6. The Hall–Kier alpha value is 0.430. The largest absolute Gasteiger partial charge is 0.119 e. The van der Waals surface area contributed by atoms with Gasteiger partial charge in [0, 0.05) is 0 Å².